The van der Waals surface area contributed by atoms with Gasteiger partial charge in [-0.05, 0) is 17.1 Å². The lowest BCUT2D eigenvalue weighted by Crippen LogP contribution is -2.26. The number of imidazole rings is 1. The first-order valence-corrected chi connectivity index (χ1v) is 7.05. The van der Waals surface area contributed by atoms with Crippen LogP contribution in [0.4, 0.5) is 5.82 Å². The van der Waals surface area contributed by atoms with E-state index in [1.165, 1.54) is 10.8 Å². The van der Waals surface area contributed by atoms with Crippen LogP contribution in [-0.4, -0.2) is 32.4 Å². The Kier molecular flexibility index (Phi) is 5.11. The van der Waals surface area contributed by atoms with Gasteiger partial charge in [0.05, 0.1) is 11.4 Å². The van der Waals surface area contributed by atoms with E-state index in [1.807, 2.05) is 0 Å². The summed E-state index contributed by atoms with van der Waals surface area (Å²) in [6.07, 6.45) is 0.473. The first kappa shape index (κ1) is 16.0. The van der Waals surface area contributed by atoms with Gasteiger partial charge in [-0.25, -0.2) is 14.3 Å². The Morgan fingerprint density at radius 2 is 2.14 bits per heavy atom. The van der Waals surface area contributed by atoms with Crippen LogP contribution in [0.2, 0.25) is 0 Å². The molecule has 0 aliphatic heterocycles. The topological polar surface area (TPSA) is 87.3 Å². The molecule has 2 aromatic rings. The standard InChI is InChI=1S/C14H14ClN3O4/c1-10-16-8-13(18(20)21)17(10)9-12(7-15)22-14(19)11-5-3-2-4-6-11/h2-6,8,12H,7,9H2,1H3. The van der Waals surface area contributed by atoms with Gasteiger partial charge in [0, 0.05) is 6.92 Å². The number of hydrogen-bond donors (Lipinski definition) is 0. The van der Waals surface area contributed by atoms with Crippen molar-refractivity contribution in [3.8, 4) is 0 Å². The van der Waals surface area contributed by atoms with Crippen molar-refractivity contribution in [1.29, 1.82) is 0 Å². The molecule has 116 valence electrons. The fourth-order valence-corrected chi connectivity index (χ4v) is 2.10. The predicted octanol–water partition coefficient (Wildman–Crippen LogP) is 2.56. The van der Waals surface area contributed by atoms with Gasteiger partial charge >= 0.3 is 11.8 Å². The molecule has 7 nitrogen and oxygen atoms in total. The number of alkyl halides is 1. The Morgan fingerprint density at radius 3 is 2.73 bits per heavy atom. The molecular formula is C14H14ClN3O4. The Bertz CT molecular complexity index is 672. The number of nitrogens with zero attached hydrogens (tertiary/aromatic N) is 3. The largest absolute Gasteiger partial charge is 0.453 e. The van der Waals surface area contributed by atoms with Crippen LogP contribution in [0.3, 0.4) is 0 Å². The second kappa shape index (κ2) is 7.04. The summed E-state index contributed by atoms with van der Waals surface area (Å²) in [5, 5.41) is 11.0. The highest BCUT2D eigenvalue weighted by Gasteiger charge is 2.24. The molecule has 8 heteroatoms. The van der Waals surface area contributed by atoms with Gasteiger partial charge in [-0.15, -0.1) is 11.6 Å². The van der Waals surface area contributed by atoms with E-state index in [4.69, 9.17) is 16.3 Å². The highest BCUT2D eigenvalue weighted by Crippen LogP contribution is 2.16. The van der Waals surface area contributed by atoms with Gasteiger partial charge in [-0.3, -0.25) is 0 Å². The lowest BCUT2D eigenvalue weighted by atomic mass is 10.2. The summed E-state index contributed by atoms with van der Waals surface area (Å²) in [7, 11) is 0. The highest BCUT2D eigenvalue weighted by atomic mass is 35.5. The van der Waals surface area contributed by atoms with Crippen LogP contribution in [0, 0.1) is 17.0 Å². The molecule has 0 bridgehead atoms. The van der Waals surface area contributed by atoms with Crippen molar-refractivity contribution in [2.45, 2.75) is 19.6 Å². The number of ether oxygens (including phenoxy) is 1. The van der Waals surface area contributed by atoms with Crippen molar-refractivity contribution in [2.75, 3.05) is 5.88 Å². The van der Waals surface area contributed by atoms with Gasteiger partial charge in [0.25, 0.3) is 0 Å². The summed E-state index contributed by atoms with van der Waals surface area (Å²) in [5.41, 5.74) is 0.398. The van der Waals surface area contributed by atoms with Gasteiger partial charge in [0.1, 0.15) is 12.7 Å². The van der Waals surface area contributed by atoms with Crippen LogP contribution in [0.5, 0.6) is 0 Å². The number of aryl methyl sites for hydroxylation is 1. The fraction of sp³-hybridized carbons (Fsp3) is 0.286. The number of carbonyl (C=O) groups excluding carboxylic acids is 1. The van der Waals surface area contributed by atoms with E-state index < -0.39 is 17.0 Å². The first-order chi connectivity index (χ1) is 10.5. The number of esters is 1. The first-order valence-electron chi connectivity index (χ1n) is 6.51. The van der Waals surface area contributed by atoms with Crippen molar-refractivity contribution in [3.63, 3.8) is 0 Å². The SMILES string of the molecule is Cc1ncc([N+](=O)[O-])n1CC(CCl)OC(=O)c1ccccc1. The van der Waals surface area contributed by atoms with Crippen LogP contribution < -0.4 is 0 Å². The second-order valence-corrected chi connectivity index (χ2v) is 4.89. The minimum absolute atomic E-state index is 0.0212. The summed E-state index contributed by atoms with van der Waals surface area (Å²) < 4.78 is 6.67. The average molecular weight is 324 g/mol. The summed E-state index contributed by atoms with van der Waals surface area (Å²) >= 11 is 5.82. The maximum atomic E-state index is 12.0. The van der Waals surface area contributed by atoms with Crippen LogP contribution in [0.15, 0.2) is 36.5 Å². The molecule has 0 fully saturated rings. The second-order valence-electron chi connectivity index (χ2n) is 4.58. The smallest absolute Gasteiger partial charge is 0.342 e. The lowest BCUT2D eigenvalue weighted by Gasteiger charge is -2.14. The van der Waals surface area contributed by atoms with Gasteiger partial charge in [0.15, 0.2) is 11.9 Å². The van der Waals surface area contributed by atoms with Crippen molar-refractivity contribution < 1.29 is 14.5 Å². The number of halogens is 1. The van der Waals surface area contributed by atoms with Crippen molar-refractivity contribution in [1.82, 2.24) is 9.55 Å². The predicted molar refractivity (Wildman–Crippen MR) is 80.0 cm³/mol. The van der Waals surface area contributed by atoms with E-state index in [0.29, 0.717) is 11.4 Å². The molecule has 0 N–H and O–H groups in total. The van der Waals surface area contributed by atoms with Crippen LogP contribution in [0.25, 0.3) is 0 Å². The Labute approximate surface area is 131 Å². The number of carbonyl (C=O) groups is 1. The zero-order valence-electron chi connectivity index (χ0n) is 11.8. The maximum Gasteiger partial charge on any atom is 0.342 e. The van der Waals surface area contributed by atoms with E-state index >= 15 is 0 Å². The van der Waals surface area contributed by atoms with E-state index in [0.717, 1.165) is 0 Å². The van der Waals surface area contributed by atoms with Gasteiger partial charge in [-0.2, -0.15) is 0 Å². The molecule has 1 unspecified atom stereocenters. The molecule has 22 heavy (non-hydrogen) atoms. The molecule has 2 rings (SSSR count). The third-order valence-corrected chi connectivity index (χ3v) is 3.41. The minimum Gasteiger partial charge on any atom is -0.453 e. The highest BCUT2D eigenvalue weighted by molar-refractivity contribution is 6.18. The fourth-order valence-electron chi connectivity index (χ4n) is 1.94. The average Bonchev–Trinajstić information content (AvgIpc) is 2.88. The molecule has 0 spiro atoms. The quantitative estimate of drug-likeness (QED) is 0.353. The Morgan fingerprint density at radius 1 is 1.45 bits per heavy atom. The summed E-state index contributed by atoms with van der Waals surface area (Å²) in [4.78, 5) is 26.3. The van der Waals surface area contributed by atoms with Gasteiger partial charge < -0.3 is 14.9 Å². The molecular weight excluding hydrogens is 310 g/mol. The molecule has 0 aliphatic carbocycles. The lowest BCUT2D eigenvalue weighted by molar-refractivity contribution is -0.392. The number of nitro groups is 1. The summed E-state index contributed by atoms with van der Waals surface area (Å²) in [5.74, 6) is -0.208. The molecule has 0 aliphatic rings. The van der Waals surface area contributed by atoms with Crippen LogP contribution in [-0.2, 0) is 11.3 Å². The minimum atomic E-state index is -0.694. The van der Waals surface area contributed by atoms with Crippen LogP contribution >= 0.6 is 11.6 Å². The third-order valence-electron chi connectivity index (χ3n) is 3.06. The van der Waals surface area contributed by atoms with Crippen molar-refractivity contribution in [2.24, 2.45) is 0 Å². The molecule has 1 atom stereocenters. The Hall–Kier alpha value is -2.41. The van der Waals surface area contributed by atoms with E-state index in [-0.39, 0.29) is 18.2 Å². The summed E-state index contributed by atoms with van der Waals surface area (Å²) in [6.45, 7) is 1.71. The number of benzene rings is 1. The maximum absolute atomic E-state index is 12.0. The van der Waals surface area contributed by atoms with Crippen molar-refractivity contribution in [3.05, 3.63) is 58.0 Å². The van der Waals surface area contributed by atoms with Gasteiger partial charge in [-0.1, -0.05) is 18.2 Å². The number of hydrogen-bond acceptors (Lipinski definition) is 5. The normalized spacial score (nSPS) is 11.9. The summed E-state index contributed by atoms with van der Waals surface area (Å²) in [6, 6.07) is 8.47. The molecule has 1 heterocycles. The van der Waals surface area contributed by atoms with E-state index in [9.17, 15) is 14.9 Å². The number of aromatic nitrogens is 2. The third kappa shape index (κ3) is 3.62. The molecule has 0 radical (unpaired) electrons. The molecule has 0 saturated heterocycles. The molecule has 1 aromatic carbocycles. The molecule has 0 amide bonds. The molecule has 1 aromatic heterocycles. The van der Waals surface area contributed by atoms with E-state index in [2.05, 4.69) is 4.98 Å². The van der Waals surface area contributed by atoms with Crippen molar-refractivity contribution >= 4 is 23.4 Å². The zero-order chi connectivity index (χ0) is 16.1. The van der Waals surface area contributed by atoms with Gasteiger partial charge in [0.2, 0.25) is 0 Å². The monoisotopic (exact) mass is 323 g/mol. The molecule has 0 saturated carbocycles. The number of rotatable bonds is 6. The zero-order valence-corrected chi connectivity index (χ0v) is 12.6. The Balaban J connectivity index is 2.12. The van der Waals surface area contributed by atoms with E-state index in [1.54, 1.807) is 37.3 Å². The van der Waals surface area contributed by atoms with Crippen LogP contribution in [0.1, 0.15) is 16.2 Å².